The third kappa shape index (κ3) is 5.19. The highest BCUT2D eigenvalue weighted by molar-refractivity contribution is 5.87. The number of ether oxygens (including phenoxy) is 1. The molecule has 0 spiro atoms. The molecule has 2 aromatic rings. The number of fused-ring (bicyclic) bond motifs is 3. The molecule has 7 nitrogen and oxygen atoms in total. The summed E-state index contributed by atoms with van der Waals surface area (Å²) in [5.74, 6) is -1.05. The first-order valence-corrected chi connectivity index (χ1v) is 12.6. The molecule has 0 heterocycles. The zero-order chi connectivity index (χ0) is 24.4. The smallest absolute Gasteiger partial charge is 0.407 e. The lowest BCUT2D eigenvalue weighted by molar-refractivity contribution is -0.138. The SMILES string of the molecule is O=C(O)CC(NC(=O)C(NC(=O)OCC1c2ccccc2-c2ccccc21)C1CC1)C1CCCC1. The lowest BCUT2D eigenvalue weighted by atomic mass is 9.94. The van der Waals surface area contributed by atoms with Crippen molar-refractivity contribution in [2.24, 2.45) is 11.8 Å². The number of carboxylic acids is 1. The van der Waals surface area contributed by atoms with E-state index in [1.54, 1.807) is 0 Å². The Morgan fingerprint density at radius 1 is 0.857 bits per heavy atom. The Hall–Kier alpha value is -3.35. The van der Waals surface area contributed by atoms with Gasteiger partial charge in [0.25, 0.3) is 0 Å². The fourth-order valence-electron chi connectivity index (χ4n) is 5.75. The molecule has 0 bridgehead atoms. The molecular weight excluding hydrogens is 444 g/mol. The molecule has 2 fully saturated rings. The molecule has 0 saturated heterocycles. The van der Waals surface area contributed by atoms with Crippen LogP contribution in [0.25, 0.3) is 11.1 Å². The first-order chi connectivity index (χ1) is 17.0. The van der Waals surface area contributed by atoms with Gasteiger partial charge in [-0.1, -0.05) is 61.4 Å². The average molecular weight is 477 g/mol. The van der Waals surface area contributed by atoms with E-state index in [0.29, 0.717) is 0 Å². The van der Waals surface area contributed by atoms with Crippen molar-refractivity contribution in [2.75, 3.05) is 6.61 Å². The van der Waals surface area contributed by atoms with Crippen molar-refractivity contribution >= 4 is 18.0 Å². The van der Waals surface area contributed by atoms with E-state index in [4.69, 9.17) is 4.74 Å². The van der Waals surface area contributed by atoms with Crippen LogP contribution in [0.1, 0.15) is 62.0 Å². The summed E-state index contributed by atoms with van der Waals surface area (Å²) in [6.07, 6.45) is 4.96. The fourth-order valence-corrected chi connectivity index (χ4v) is 5.75. The van der Waals surface area contributed by atoms with Gasteiger partial charge in [0.2, 0.25) is 5.91 Å². The van der Waals surface area contributed by atoms with Gasteiger partial charge in [-0.3, -0.25) is 9.59 Å². The molecular formula is C28H32N2O5. The van der Waals surface area contributed by atoms with Crippen LogP contribution in [0.3, 0.4) is 0 Å². The van der Waals surface area contributed by atoms with Gasteiger partial charge in [0.1, 0.15) is 12.6 Å². The molecule has 5 rings (SSSR count). The molecule has 184 valence electrons. The second-order valence-corrected chi connectivity index (χ2v) is 10.0. The first-order valence-electron chi connectivity index (χ1n) is 12.6. The summed E-state index contributed by atoms with van der Waals surface area (Å²) in [5.41, 5.74) is 4.57. The summed E-state index contributed by atoms with van der Waals surface area (Å²) in [4.78, 5) is 37.3. The number of carboxylic acid groups (broad SMARTS) is 1. The maximum absolute atomic E-state index is 13.1. The molecule has 3 N–H and O–H groups in total. The van der Waals surface area contributed by atoms with Gasteiger partial charge in [0, 0.05) is 12.0 Å². The predicted octanol–water partition coefficient (Wildman–Crippen LogP) is 4.45. The number of nitrogens with one attached hydrogen (secondary N) is 2. The van der Waals surface area contributed by atoms with Crippen LogP contribution in [0.15, 0.2) is 48.5 Å². The van der Waals surface area contributed by atoms with E-state index in [-0.39, 0.29) is 36.7 Å². The van der Waals surface area contributed by atoms with Gasteiger partial charge in [-0.15, -0.1) is 0 Å². The monoisotopic (exact) mass is 476 g/mol. The normalized spacial score (nSPS) is 18.9. The van der Waals surface area contributed by atoms with Crippen LogP contribution in [-0.2, 0) is 14.3 Å². The van der Waals surface area contributed by atoms with E-state index < -0.39 is 24.1 Å². The molecule has 0 aromatic heterocycles. The Morgan fingerprint density at radius 3 is 2.03 bits per heavy atom. The summed E-state index contributed by atoms with van der Waals surface area (Å²) in [5, 5.41) is 15.1. The van der Waals surface area contributed by atoms with Gasteiger partial charge in [-0.05, 0) is 59.8 Å². The number of alkyl carbamates (subject to hydrolysis) is 1. The Bertz CT molecular complexity index is 1060. The van der Waals surface area contributed by atoms with Crippen molar-refractivity contribution in [3.8, 4) is 11.1 Å². The van der Waals surface area contributed by atoms with E-state index in [0.717, 1.165) is 60.8 Å². The van der Waals surface area contributed by atoms with E-state index in [2.05, 4.69) is 34.9 Å². The van der Waals surface area contributed by atoms with E-state index in [1.807, 2.05) is 24.3 Å². The van der Waals surface area contributed by atoms with Crippen molar-refractivity contribution in [3.05, 3.63) is 59.7 Å². The fraction of sp³-hybridized carbons (Fsp3) is 0.464. The molecule has 3 aliphatic carbocycles. The summed E-state index contributed by atoms with van der Waals surface area (Å²) in [6, 6.07) is 15.2. The van der Waals surface area contributed by atoms with Crippen molar-refractivity contribution in [2.45, 2.75) is 62.9 Å². The van der Waals surface area contributed by atoms with Crippen LogP contribution >= 0.6 is 0 Å². The number of rotatable bonds is 9. The number of hydrogen-bond acceptors (Lipinski definition) is 4. The highest BCUT2D eigenvalue weighted by atomic mass is 16.5. The zero-order valence-electron chi connectivity index (χ0n) is 19.7. The highest BCUT2D eigenvalue weighted by Crippen LogP contribution is 2.44. The van der Waals surface area contributed by atoms with Gasteiger partial charge in [0.15, 0.2) is 0 Å². The van der Waals surface area contributed by atoms with Crippen molar-refractivity contribution < 1.29 is 24.2 Å². The van der Waals surface area contributed by atoms with Crippen molar-refractivity contribution in [1.29, 1.82) is 0 Å². The quantitative estimate of drug-likeness (QED) is 0.496. The topological polar surface area (TPSA) is 105 Å². The maximum Gasteiger partial charge on any atom is 0.407 e. The maximum atomic E-state index is 13.1. The molecule has 7 heteroatoms. The van der Waals surface area contributed by atoms with Crippen LogP contribution in [-0.4, -0.2) is 41.8 Å². The predicted molar refractivity (Wildman–Crippen MR) is 131 cm³/mol. The Kier molecular flexibility index (Phi) is 6.75. The minimum Gasteiger partial charge on any atom is -0.481 e. The van der Waals surface area contributed by atoms with Crippen LogP contribution < -0.4 is 10.6 Å². The minimum absolute atomic E-state index is 0.0522. The number of carbonyl (C=O) groups is 3. The van der Waals surface area contributed by atoms with E-state index in [9.17, 15) is 19.5 Å². The molecule has 2 aromatic carbocycles. The Morgan fingerprint density at radius 2 is 1.46 bits per heavy atom. The van der Waals surface area contributed by atoms with Crippen molar-refractivity contribution in [1.82, 2.24) is 10.6 Å². The molecule has 2 unspecified atom stereocenters. The second kappa shape index (κ2) is 10.1. The standard InChI is InChI=1S/C28H32N2O5/c31-25(32)15-24(17-7-1-2-8-17)29-27(33)26(18-13-14-18)30-28(34)35-16-23-21-11-5-3-9-19(21)20-10-4-6-12-22(20)23/h3-6,9-12,17-18,23-24,26H,1-2,7-8,13-16H2,(H,29,33)(H,30,34)(H,31,32). The van der Waals surface area contributed by atoms with Gasteiger partial charge >= 0.3 is 12.1 Å². The second-order valence-electron chi connectivity index (χ2n) is 10.0. The van der Waals surface area contributed by atoms with Crippen LogP contribution in [0.5, 0.6) is 0 Å². The van der Waals surface area contributed by atoms with Crippen LogP contribution in [0.4, 0.5) is 4.79 Å². The zero-order valence-corrected chi connectivity index (χ0v) is 19.7. The molecule has 0 radical (unpaired) electrons. The number of hydrogen-bond donors (Lipinski definition) is 3. The van der Waals surface area contributed by atoms with Crippen molar-refractivity contribution in [3.63, 3.8) is 0 Å². The molecule has 0 aliphatic heterocycles. The summed E-state index contributed by atoms with van der Waals surface area (Å²) in [6.45, 7) is 0.183. The van der Waals surface area contributed by atoms with Crippen LogP contribution in [0, 0.1) is 11.8 Å². The molecule has 2 amide bonds. The van der Waals surface area contributed by atoms with Gasteiger partial charge in [-0.2, -0.15) is 0 Å². The Labute approximate surface area is 205 Å². The number of amides is 2. The number of aliphatic carboxylic acids is 1. The first kappa shape index (κ1) is 23.4. The summed E-state index contributed by atoms with van der Waals surface area (Å²) in [7, 11) is 0. The lowest BCUT2D eigenvalue weighted by Gasteiger charge is -2.26. The van der Waals surface area contributed by atoms with Gasteiger partial charge < -0.3 is 20.5 Å². The summed E-state index contributed by atoms with van der Waals surface area (Å²) < 4.78 is 5.64. The molecule has 2 atom stereocenters. The van der Waals surface area contributed by atoms with Gasteiger partial charge in [-0.25, -0.2) is 4.79 Å². The average Bonchev–Trinajstić information content (AvgIpc) is 3.43. The highest BCUT2D eigenvalue weighted by Gasteiger charge is 2.40. The minimum atomic E-state index is -0.922. The summed E-state index contributed by atoms with van der Waals surface area (Å²) >= 11 is 0. The number of benzene rings is 2. The van der Waals surface area contributed by atoms with E-state index >= 15 is 0 Å². The molecule has 3 aliphatic rings. The lowest BCUT2D eigenvalue weighted by Crippen LogP contribution is -2.52. The number of carbonyl (C=O) groups excluding carboxylic acids is 2. The molecule has 2 saturated carbocycles. The largest absolute Gasteiger partial charge is 0.481 e. The van der Waals surface area contributed by atoms with Crippen LogP contribution in [0.2, 0.25) is 0 Å². The van der Waals surface area contributed by atoms with Gasteiger partial charge in [0.05, 0.1) is 6.42 Å². The molecule has 35 heavy (non-hydrogen) atoms. The third-order valence-electron chi connectivity index (χ3n) is 7.68. The van der Waals surface area contributed by atoms with E-state index in [1.165, 1.54) is 0 Å². The third-order valence-corrected chi connectivity index (χ3v) is 7.68. The Balaban J connectivity index is 1.22.